The van der Waals surface area contributed by atoms with E-state index in [1.165, 1.54) is 17.7 Å². The van der Waals surface area contributed by atoms with Gasteiger partial charge in [0, 0.05) is 44.5 Å². The van der Waals surface area contributed by atoms with Crippen LogP contribution in [-0.2, 0) is 24.1 Å². The summed E-state index contributed by atoms with van der Waals surface area (Å²) in [6.07, 6.45) is -2.41. The highest BCUT2D eigenvalue weighted by Crippen LogP contribution is 2.29. The molecule has 12 heteroatoms. The molecule has 0 aliphatic carbocycles. The van der Waals surface area contributed by atoms with Crippen molar-refractivity contribution < 1.29 is 22.7 Å². The largest absolute Gasteiger partial charge is 0.497 e. The van der Waals surface area contributed by atoms with Gasteiger partial charge < -0.3 is 15.4 Å². The molecule has 0 atom stereocenters. The van der Waals surface area contributed by atoms with Crippen LogP contribution in [-0.4, -0.2) is 39.1 Å². The third-order valence-corrected chi connectivity index (χ3v) is 5.46. The molecule has 0 saturated heterocycles. The Hall–Kier alpha value is -4.48. The normalized spacial score (nSPS) is 11.4. The molecule has 1 amide bonds. The Morgan fingerprint density at radius 2 is 1.84 bits per heavy atom. The van der Waals surface area contributed by atoms with Crippen LogP contribution in [0.15, 0.2) is 59.7 Å². The third-order valence-electron chi connectivity index (χ3n) is 5.46. The van der Waals surface area contributed by atoms with Gasteiger partial charge in [0.2, 0.25) is 5.91 Å². The van der Waals surface area contributed by atoms with Crippen LogP contribution < -0.4 is 20.9 Å². The van der Waals surface area contributed by atoms with Gasteiger partial charge in [-0.2, -0.15) is 13.2 Å². The number of alkyl halides is 3. The van der Waals surface area contributed by atoms with E-state index in [1.54, 1.807) is 43.5 Å². The number of amides is 1. The van der Waals surface area contributed by atoms with Gasteiger partial charge in [-0.15, -0.1) is 0 Å². The summed E-state index contributed by atoms with van der Waals surface area (Å²) in [4.78, 5) is 37.5. The fraction of sp³-hybridized carbons (Fsp3) is 0.240. The minimum Gasteiger partial charge on any atom is -0.497 e. The average Bonchev–Trinajstić information content (AvgIpc) is 2.88. The quantitative estimate of drug-likeness (QED) is 0.371. The molecule has 1 aromatic carbocycles. The van der Waals surface area contributed by atoms with Gasteiger partial charge in [-0.1, -0.05) is 0 Å². The standard InChI is InChI=1S/C25H23F3N6O3/c1-15(35)30-9-10-34-23-20(32-22(24(34)36)17-3-5-19(37-2)6-4-17)7-8-21(33-23)31-13-16-11-18(14-29-12-16)25(26,27)28/h3-8,11-12,14H,9-10,13H2,1-2H3,(H,30,35)(H,31,33). The van der Waals surface area contributed by atoms with Crippen molar-refractivity contribution in [2.75, 3.05) is 19.0 Å². The third kappa shape index (κ3) is 6.02. The monoisotopic (exact) mass is 512 g/mol. The van der Waals surface area contributed by atoms with Crippen LogP contribution in [0.2, 0.25) is 0 Å². The number of anilines is 1. The van der Waals surface area contributed by atoms with Gasteiger partial charge >= 0.3 is 6.18 Å². The number of hydrogen-bond donors (Lipinski definition) is 2. The predicted molar refractivity (Wildman–Crippen MR) is 131 cm³/mol. The molecule has 37 heavy (non-hydrogen) atoms. The Morgan fingerprint density at radius 3 is 2.51 bits per heavy atom. The van der Waals surface area contributed by atoms with E-state index in [0.717, 1.165) is 12.3 Å². The summed E-state index contributed by atoms with van der Waals surface area (Å²) in [5.74, 6) is 0.715. The summed E-state index contributed by atoms with van der Waals surface area (Å²) < 4.78 is 45.6. The Bertz CT molecular complexity index is 1490. The molecule has 0 aliphatic rings. The fourth-order valence-corrected chi connectivity index (χ4v) is 3.64. The number of nitrogens with zero attached hydrogens (tertiary/aromatic N) is 4. The number of hydrogen-bond acceptors (Lipinski definition) is 7. The highest BCUT2D eigenvalue weighted by atomic mass is 19.4. The number of aromatic nitrogens is 4. The summed E-state index contributed by atoms with van der Waals surface area (Å²) >= 11 is 0. The molecule has 0 aliphatic heterocycles. The minimum absolute atomic E-state index is 0.0307. The van der Waals surface area contributed by atoms with Crippen molar-refractivity contribution >= 4 is 22.9 Å². The van der Waals surface area contributed by atoms with Crippen LogP contribution >= 0.6 is 0 Å². The molecule has 192 valence electrons. The van der Waals surface area contributed by atoms with Gasteiger partial charge in [0.15, 0.2) is 5.65 Å². The summed E-state index contributed by atoms with van der Waals surface area (Å²) in [5, 5.41) is 5.63. The van der Waals surface area contributed by atoms with Gasteiger partial charge in [-0.25, -0.2) is 9.97 Å². The zero-order valence-electron chi connectivity index (χ0n) is 20.0. The van der Waals surface area contributed by atoms with Crippen molar-refractivity contribution in [1.29, 1.82) is 0 Å². The number of benzene rings is 1. The maximum atomic E-state index is 13.4. The summed E-state index contributed by atoms with van der Waals surface area (Å²) in [6, 6.07) is 11.2. The summed E-state index contributed by atoms with van der Waals surface area (Å²) in [5.41, 5.74) is 0.540. The number of pyridine rings is 2. The van der Waals surface area contributed by atoms with Crippen molar-refractivity contribution in [3.8, 4) is 17.0 Å². The second-order valence-corrected chi connectivity index (χ2v) is 8.10. The molecule has 2 N–H and O–H groups in total. The maximum Gasteiger partial charge on any atom is 0.417 e. The second kappa shape index (κ2) is 10.6. The van der Waals surface area contributed by atoms with E-state index in [-0.39, 0.29) is 36.9 Å². The van der Waals surface area contributed by atoms with Gasteiger partial charge in [-0.05, 0) is 48.0 Å². The highest BCUT2D eigenvalue weighted by molar-refractivity contribution is 5.76. The van der Waals surface area contributed by atoms with Gasteiger partial charge in [0.25, 0.3) is 5.56 Å². The summed E-state index contributed by atoms with van der Waals surface area (Å²) in [7, 11) is 1.54. The highest BCUT2D eigenvalue weighted by Gasteiger charge is 2.31. The first-order chi connectivity index (χ1) is 17.7. The topological polar surface area (TPSA) is 111 Å². The second-order valence-electron chi connectivity index (χ2n) is 8.10. The Labute approximate surface area is 209 Å². The number of carbonyl (C=O) groups excluding carboxylic acids is 1. The molecule has 0 bridgehead atoms. The number of halogens is 3. The molecule has 3 aromatic heterocycles. The van der Waals surface area contributed by atoms with Crippen LogP contribution in [0, 0.1) is 0 Å². The SMILES string of the molecule is COc1ccc(-c2nc3ccc(NCc4cncc(C(F)(F)F)c4)nc3n(CCNC(C)=O)c2=O)cc1. The molecular formula is C25H23F3N6O3. The van der Waals surface area contributed by atoms with Crippen LogP contribution in [0.1, 0.15) is 18.1 Å². The molecule has 9 nitrogen and oxygen atoms in total. The van der Waals surface area contributed by atoms with Gasteiger partial charge in [0.05, 0.1) is 12.7 Å². The fourth-order valence-electron chi connectivity index (χ4n) is 3.64. The van der Waals surface area contributed by atoms with Crippen molar-refractivity contribution in [2.24, 2.45) is 0 Å². The number of nitrogens with one attached hydrogen (secondary N) is 2. The smallest absolute Gasteiger partial charge is 0.417 e. The zero-order chi connectivity index (χ0) is 26.6. The van der Waals surface area contributed by atoms with Crippen LogP contribution in [0.5, 0.6) is 5.75 Å². The Balaban J connectivity index is 1.69. The lowest BCUT2D eigenvalue weighted by Gasteiger charge is -2.14. The zero-order valence-corrected chi connectivity index (χ0v) is 20.0. The lowest BCUT2D eigenvalue weighted by molar-refractivity contribution is -0.137. The van der Waals surface area contributed by atoms with Crippen molar-refractivity contribution in [2.45, 2.75) is 26.2 Å². The predicted octanol–water partition coefficient (Wildman–Crippen LogP) is 3.63. The first kappa shape index (κ1) is 25.6. The Kier molecular flexibility index (Phi) is 7.37. The summed E-state index contributed by atoms with van der Waals surface area (Å²) in [6.45, 7) is 1.72. The number of fused-ring (bicyclic) bond motifs is 1. The van der Waals surface area contributed by atoms with E-state index in [9.17, 15) is 22.8 Å². The van der Waals surface area contributed by atoms with E-state index >= 15 is 0 Å². The first-order valence-corrected chi connectivity index (χ1v) is 11.2. The molecule has 0 saturated carbocycles. The molecule has 0 unspecified atom stereocenters. The number of carbonyl (C=O) groups is 1. The maximum absolute atomic E-state index is 13.4. The minimum atomic E-state index is -4.50. The van der Waals surface area contributed by atoms with Crippen LogP contribution in [0.25, 0.3) is 22.4 Å². The number of rotatable bonds is 8. The van der Waals surface area contributed by atoms with Crippen molar-refractivity contribution in [3.05, 3.63) is 76.3 Å². The van der Waals surface area contributed by atoms with Crippen molar-refractivity contribution in [1.82, 2.24) is 24.8 Å². The lowest BCUT2D eigenvalue weighted by atomic mass is 10.1. The molecule has 0 radical (unpaired) electrons. The Morgan fingerprint density at radius 1 is 1.08 bits per heavy atom. The van der Waals surface area contributed by atoms with Gasteiger partial charge in [-0.3, -0.25) is 19.1 Å². The van der Waals surface area contributed by atoms with E-state index in [2.05, 4.69) is 25.6 Å². The molecular weight excluding hydrogens is 489 g/mol. The number of ether oxygens (including phenoxy) is 1. The first-order valence-electron chi connectivity index (χ1n) is 11.2. The lowest BCUT2D eigenvalue weighted by Crippen LogP contribution is -2.31. The molecule has 3 heterocycles. The molecule has 0 spiro atoms. The molecule has 0 fully saturated rings. The van der Waals surface area contributed by atoms with Gasteiger partial charge in [0.1, 0.15) is 22.8 Å². The molecule has 4 rings (SSSR count). The van der Waals surface area contributed by atoms with E-state index in [0.29, 0.717) is 28.2 Å². The van der Waals surface area contributed by atoms with E-state index in [4.69, 9.17) is 4.74 Å². The van der Waals surface area contributed by atoms with Crippen molar-refractivity contribution in [3.63, 3.8) is 0 Å². The average molecular weight is 512 g/mol. The molecule has 4 aromatic rings. The number of methoxy groups -OCH3 is 1. The van der Waals surface area contributed by atoms with E-state index in [1.807, 2.05) is 0 Å². The van der Waals surface area contributed by atoms with Crippen LogP contribution in [0.4, 0.5) is 19.0 Å². The van der Waals surface area contributed by atoms with Crippen LogP contribution in [0.3, 0.4) is 0 Å². The van der Waals surface area contributed by atoms with E-state index < -0.39 is 17.3 Å².